The Morgan fingerprint density at radius 1 is 0.857 bits per heavy atom. The molecule has 7 heteroatoms. The highest BCUT2D eigenvalue weighted by Gasteiger charge is 2.55. The van der Waals surface area contributed by atoms with E-state index in [1.807, 2.05) is 6.92 Å². The molecule has 0 radical (unpaired) electrons. The van der Waals surface area contributed by atoms with Crippen LogP contribution in [0.2, 0.25) is 0 Å². The number of unbranched alkanes of at least 4 members (excludes halogenated alkanes) is 6. The highest BCUT2D eigenvalue weighted by molar-refractivity contribution is 5.69. The van der Waals surface area contributed by atoms with Gasteiger partial charge in [0.25, 0.3) is 0 Å². The summed E-state index contributed by atoms with van der Waals surface area (Å²) in [6, 6.07) is 0. The minimum absolute atomic E-state index is 0.176. The molecule has 1 aliphatic rings. The summed E-state index contributed by atoms with van der Waals surface area (Å²) < 4.78 is 11.2. The average molecular weight is 497 g/mol. The Kier molecular flexibility index (Phi) is 16.9. The Hall–Kier alpha value is -1.51. The molecule has 202 valence electrons. The van der Waals surface area contributed by atoms with Crippen LogP contribution in [0, 0.1) is 0 Å². The fourth-order valence-corrected chi connectivity index (χ4v) is 4.11. The number of esters is 1. The topological polar surface area (TPSA) is 116 Å². The highest BCUT2D eigenvalue weighted by Crippen LogP contribution is 2.36. The molecule has 0 amide bonds. The second-order valence-corrected chi connectivity index (χ2v) is 9.25. The first-order valence-electron chi connectivity index (χ1n) is 13.4. The summed E-state index contributed by atoms with van der Waals surface area (Å²) in [5.74, 6) is -2.27. The Labute approximate surface area is 211 Å². The van der Waals surface area contributed by atoms with Crippen LogP contribution in [0.25, 0.3) is 0 Å². The van der Waals surface area contributed by atoms with Crippen LogP contribution in [0.5, 0.6) is 0 Å². The molecule has 35 heavy (non-hydrogen) atoms. The van der Waals surface area contributed by atoms with Gasteiger partial charge in [-0.25, -0.2) is 0 Å². The number of allylic oxidation sites excluding steroid dienone is 6. The van der Waals surface area contributed by atoms with Crippen molar-refractivity contribution in [2.24, 2.45) is 0 Å². The Morgan fingerprint density at radius 2 is 1.49 bits per heavy atom. The number of hydrogen-bond donors (Lipinski definition) is 4. The highest BCUT2D eigenvalue weighted by atomic mass is 16.7. The summed E-state index contributed by atoms with van der Waals surface area (Å²) in [6.07, 6.45) is 18.0. The zero-order chi connectivity index (χ0) is 25.9. The van der Waals surface area contributed by atoms with Crippen molar-refractivity contribution in [1.29, 1.82) is 0 Å². The molecule has 7 nitrogen and oxygen atoms in total. The lowest BCUT2D eigenvalue weighted by atomic mass is 9.89. The van der Waals surface area contributed by atoms with Gasteiger partial charge in [0.2, 0.25) is 5.79 Å². The Morgan fingerprint density at radius 3 is 2.14 bits per heavy atom. The number of carbonyl (C=O) groups is 1. The maximum absolute atomic E-state index is 12.5. The van der Waals surface area contributed by atoms with Crippen molar-refractivity contribution in [3.8, 4) is 0 Å². The maximum Gasteiger partial charge on any atom is 0.308 e. The van der Waals surface area contributed by atoms with Crippen molar-refractivity contribution >= 4 is 5.97 Å². The predicted molar refractivity (Wildman–Crippen MR) is 138 cm³/mol. The third kappa shape index (κ3) is 11.8. The molecule has 1 saturated heterocycles. The first kappa shape index (κ1) is 31.5. The van der Waals surface area contributed by atoms with E-state index in [9.17, 15) is 25.2 Å². The van der Waals surface area contributed by atoms with Crippen LogP contribution in [0.1, 0.15) is 97.3 Å². The van der Waals surface area contributed by atoms with Gasteiger partial charge >= 0.3 is 5.97 Å². The van der Waals surface area contributed by atoms with Crippen molar-refractivity contribution < 1.29 is 34.7 Å². The van der Waals surface area contributed by atoms with Crippen molar-refractivity contribution in [2.75, 3.05) is 6.61 Å². The van der Waals surface area contributed by atoms with Gasteiger partial charge in [-0.05, 0) is 44.9 Å². The second kappa shape index (κ2) is 18.7. The van der Waals surface area contributed by atoms with E-state index in [-0.39, 0.29) is 12.8 Å². The number of aliphatic hydroxyl groups excluding tert-OH is 4. The molecule has 0 aromatic heterocycles. The molecule has 0 bridgehead atoms. The number of ether oxygens (including phenoxy) is 2. The molecular formula is C28H48O7. The zero-order valence-corrected chi connectivity index (χ0v) is 21.7. The number of carbonyl (C=O) groups excluding carboxylic acids is 1. The van der Waals surface area contributed by atoms with E-state index in [1.165, 1.54) is 0 Å². The molecule has 1 aliphatic heterocycles. The quantitative estimate of drug-likeness (QED) is 0.126. The SMILES string of the molecule is CCC=CCC=CCC=CCCCCCCCC(=O)O[C@@]1(CCCC)O[C@H](CO)[C@@H](O)[C@H](O)[C@H]1O. The van der Waals surface area contributed by atoms with Gasteiger partial charge in [-0.3, -0.25) is 4.79 Å². The Bertz CT molecular complexity index is 643. The van der Waals surface area contributed by atoms with Crippen LogP contribution in [-0.4, -0.2) is 63.2 Å². The number of hydrogen-bond acceptors (Lipinski definition) is 7. The van der Waals surface area contributed by atoms with Crippen molar-refractivity contribution in [2.45, 2.75) is 128 Å². The van der Waals surface area contributed by atoms with E-state index in [2.05, 4.69) is 43.4 Å². The Balaban J connectivity index is 2.29. The lowest BCUT2D eigenvalue weighted by Gasteiger charge is -2.47. The van der Waals surface area contributed by atoms with E-state index in [0.29, 0.717) is 12.8 Å². The lowest BCUT2D eigenvalue weighted by Crippen LogP contribution is -2.66. The molecule has 0 aromatic carbocycles. The third-order valence-corrected chi connectivity index (χ3v) is 6.23. The normalized spacial score (nSPS) is 27.4. The third-order valence-electron chi connectivity index (χ3n) is 6.23. The van der Waals surface area contributed by atoms with Gasteiger partial charge in [-0.15, -0.1) is 0 Å². The van der Waals surface area contributed by atoms with E-state index >= 15 is 0 Å². The molecule has 1 rings (SSSR count). The molecule has 0 saturated carbocycles. The first-order chi connectivity index (χ1) is 16.9. The van der Waals surface area contributed by atoms with E-state index in [1.54, 1.807) is 0 Å². The van der Waals surface area contributed by atoms with Gasteiger partial charge in [0, 0.05) is 12.8 Å². The average Bonchev–Trinajstić information content (AvgIpc) is 2.85. The fraction of sp³-hybridized carbons (Fsp3) is 0.750. The molecule has 0 aliphatic carbocycles. The summed E-state index contributed by atoms with van der Waals surface area (Å²) in [7, 11) is 0. The predicted octanol–water partition coefficient (Wildman–Crippen LogP) is 4.48. The van der Waals surface area contributed by atoms with Crippen LogP contribution < -0.4 is 0 Å². The first-order valence-corrected chi connectivity index (χ1v) is 13.4. The summed E-state index contributed by atoms with van der Waals surface area (Å²) in [5.41, 5.74) is 0. The van der Waals surface area contributed by atoms with Crippen molar-refractivity contribution in [3.63, 3.8) is 0 Å². The van der Waals surface area contributed by atoms with E-state index in [4.69, 9.17) is 9.47 Å². The van der Waals surface area contributed by atoms with Crippen LogP contribution >= 0.6 is 0 Å². The smallest absolute Gasteiger partial charge is 0.308 e. The summed E-state index contributed by atoms with van der Waals surface area (Å²) in [6.45, 7) is 3.52. The van der Waals surface area contributed by atoms with Crippen LogP contribution in [0.3, 0.4) is 0 Å². The summed E-state index contributed by atoms with van der Waals surface area (Å²) >= 11 is 0. The molecule has 1 fully saturated rings. The van der Waals surface area contributed by atoms with E-state index in [0.717, 1.165) is 57.8 Å². The summed E-state index contributed by atoms with van der Waals surface area (Å²) in [4.78, 5) is 12.5. The molecule has 0 spiro atoms. The molecule has 4 N–H and O–H groups in total. The van der Waals surface area contributed by atoms with Gasteiger partial charge < -0.3 is 29.9 Å². The maximum atomic E-state index is 12.5. The lowest BCUT2D eigenvalue weighted by molar-refractivity contribution is -0.354. The van der Waals surface area contributed by atoms with Crippen LogP contribution in [0.15, 0.2) is 36.5 Å². The minimum Gasteiger partial charge on any atom is -0.430 e. The standard InChI is InChI=1S/C28H48O7/c1-3-5-7-8-9-10-11-12-13-14-15-16-17-18-19-20-24(30)35-28(21-6-4-2)27(33)26(32)25(31)23(22-29)34-28/h5,7,9-10,12-13,23,25-27,29,31-33H,3-4,6,8,11,14-22H2,1-2H3/t23-,25-,26+,27-,28-/m1/s1. The van der Waals surface area contributed by atoms with Gasteiger partial charge in [-0.1, -0.05) is 76.0 Å². The largest absolute Gasteiger partial charge is 0.430 e. The fourth-order valence-electron chi connectivity index (χ4n) is 4.11. The summed E-state index contributed by atoms with van der Waals surface area (Å²) in [5, 5.41) is 40.3. The molecular weight excluding hydrogens is 448 g/mol. The number of aliphatic hydroxyl groups is 4. The van der Waals surface area contributed by atoms with E-state index < -0.39 is 42.8 Å². The minimum atomic E-state index is -1.76. The van der Waals surface area contributed by atoms with Crippen LogP contribution in [0.4, 0.5) is 0 Å². The molecule has 1 heterocycles. The molecule has 5 atom stereocenters. The molecule has 0 aromatic rings. The monoisotopic (exact) mass is 496 g/mol. The second-order valence-electron chi connectivity index (χ2n) is 9.25. The van der Waals surface area contributed by atoms with Crippen molar-refractivity contribution in [3.05, 3.63) is 36.5 Å². The van der Waals surface area contributed by atoms with Gasteiger partial charge in [0.15, 0.2) is 0 Å². The van der Waals surface area contributed by atoms with Crippen molar-refractivity contribution in [1.82, 2.24) is 0 Å². The van der Waals surface area contributed by atoms with Crippen LogP contribution in [-0.2, 0) is 14.3 Å². The number of rotatable bonds is 18. The zero-order valence-electron chi connectivity index (χ0n) is 21.7. The van der Waals surface area contributed by atoms with Gasteiger partial charge in [0.1, 0.15) is 24.4 Å². The van der Waals surface area contributed by atoms with Gasteiger partial charge in [0.05, 0.1) is 6.61 Å². The van der Waals surface area contributed by atoms with Gasteiger partial charge in [-0.2, -0.15) is 0 Å². The molecule has 0 unspecified atom stereocenters.